The lowest BCUT2D eigenvalue weighted by atomic mass is 10.2. The molecular weight excluding hydrogens is 238 g/mol. The second-order valence-electron chi connectivity index (χ2n) is 4.54. The van der Waals surface area contributed by atoms with Crippen molar-refractivity contribution in [2.75, 3.05) is 19.0 Å². The maximum Gasteiger partial charge on any atom is 0.203 e. The maximum absolute atomic E-state index is 8.66. The summed E-state index contributed by atoms with van der Waals surface area (Å²) < 4.78 is 5.29. The van der Waals surface area contributed by atoms with Gasteiger partial charge in [0.25, 0.3) is 0 Å². The zero-order valence-electron chi connectivity index (χ0n) is 11.2. The molecule has 0 aliphatic rings. The Bertz CT molecular complexity index is 564. The molecule has 0 amide bonds. The summed E-state index contributed by atoms with van der Waals surface area (Å²) in [5.41, 5.74) is 2.41. The number of nitrogens with one attached hydrogen (secondary N) is 1. The fraction of sp³-hybridized carbons (Fsp3) is 0.267. The smallest absolute Gasteiger partial charge is 0.203 e. The minimum atomic E-state index is 0.354. The molecule has 98 valence electrons. The Balaban J connectivity index is 1.84. The fourth-order valence-electron chi connectivity index (χ4n) is 1.77. The highest BCUT2D eigenvalue weighted by molar-refractivity contribution is 5.45. The van der Waals surface area contributed by atoms with E-state index in [1.54, 1.807) is 6.07 Å². The Morgan fingerprint density at radius 1 is 1.11 bits per heavy atom. The van der Waals surface area contributed by atoms with Crippen LogP contribution in [0.5, 0.6) is 0 Å². The van der Waals surface area contributed by atoms with E-state index in [1.165, 1.54) is 11.3 Å². The Kier molecular flexibility index (Phi) is 4.22. The molecule has 0 aliphatic carbocycles. The maximum atomic E-state index is 8.66. The Morgan fingerprint density at radius 3 is 2.42 bits per heavy atom. The number of hydrogen-bond donors (Lipinski definition) is 1. The summed E-state index contributed by atoms with van der Waals surface area (Å²) in [4.78, 5) is 2.07. The molecule has 0 bridgehead atoms. The average Bonchev–Trinajstić information content (AvgIpc) is 2.87. The van der Waals surface area contributed by atoms with E-state index in [4.69, 9.17) is 9.68 Å². The Labute approximate surface area is 113 Å². The quantitative estimate of drug-likeness (QED) is 0.892. The van der Waals surface area contributed by atoms with Gasteiger partial charge in [-0.2, -0.15) is 5.26 Å². The largest absolute Gasteiger partial charge is 0.449 e. The SMILES string of the molecule is CN(C)c1ccc(CNCc2ccc(C#N)o2)cc1. The molecule has 4 nitrogen and oxygen atoms in total. The third-order valence-electron chi connectivity index (χ3n) is 2.85. The lowest BCUT2D eigenvalue weighted by molar-refractivity contribution is 0.474. The second kappa shape index (κ2) is 6.07. The molecule has 0 unspecified atom stereocenters. The van der Waals surface area contributed by atoms with Gasteiger partial charge in [-0.15, -0.1) is 0 Å². The summed E-state index contributed by atoms with van der Waals surface area (Å²) in [6, 6.07) is 13.9. The summed E-state index contributed by atoms with van der Waals surface area (Å²) in [5, 5.41) is 11.9. The van der Waals surface area contributed by atoms with Gasteiger partial charge in [-0.05, 0) is 29.8 Å². The second-order valence-corrected chi connectivity index (χ2v) is 4.54. The van der Waals surface area contributed by atoms with Gasteiger partial charge in [0.15, 0.2) is 0 Å². The Morgan fingerprint density at radius 2 is 1.84 bits per heavy atom. The molecule has 19 heavy (non-hydrogen) atoms. The molecule has 0 spiro atoms. The van der Waals surface area contributed by atoms with Crippen LogP contribution in [0.15, 0.2) is 40.8 Å². The van der Waals surface area contributed by atoms with Crippen LogP contribution in [0, 0.1) is 11.3 Å². The van der Waals surface area contributed by atoms with E-state index in [0.717, 1.165) is 12.3 Å². The molecule has 1 heterocycles. The van der Waals surface area contributed by atoms with E-state index < -0.39 is 0 Å². The Hall–Kier alpha value is -2.25. The number of furan rings is 1. The molecule has 0 saturated heterocycles. The van der Waals surface area contributed by atoms with Crippen LogP contribution in [-0.4, -0.2) is 14.1 Å². The number of anilines is 1. The van der Waals surface area contributed by atoms with Gasteiger partial charge >= 0.3 is 0 Å². The summed E-state index contributed by atoms with van der Waals surface area (Å²) >= 11 is 0. The van der Waals surface area contributed by atoms with Crippen molar-refractivity contribution in [3.63, 3.8) is 0 Å². The minimum absolute atomic E-state index is 0.354. The zero-order chi connectivity index (χ0) is 13.7. The molecule has 2 aromatic rings. The summed E-state index contributed by atoms with van der Waals surface area (Å²) in [6.45, 7) is 1.40. The average molecular weight is 255 g/mol. The topological polar surface area (TPSA) is 52.2 Å². The number of benzene rings is 1. The van der Waals surface area contributed by atoms with Gasteiger partial charge in [0.1, 0.15) is 11.8 Å². The summed E-state index contributed by atoms with van der Waals surface area (Å²) in [7, 11) is 4.05. The summed E-state index contributed by atoms with van der Waals surface area (Å²) in [5.74, 6) is 1.13. The molecular formula is C15H17N3O. The minimum Gasteiger partial charge on any atom is -0.449 e. The lowest BCUT2D eigenvalue weighted by Crippen LogP contribution is -2.12. The molecule has 0 fully saturated rings. The van der Waals surface area contributed by atoms with E-state index in [-0.39, 0.29) is 0 Å². The predicted molar refractivity (Wildman–Crippen MR) is 74.7 cm³/mol. The highest BCUT2D eigenvalue weighted by Crippen LogP contribution is 2.12. The molecule has 0 aliphatic heterocycles. The van der Waals surface area contributed by atoms with E-state index >= 15 is 0 Å². The van der Waals surface area contributed by atoms with Crippen molar-refractivity contribution in [3.05, 3.63) is 53.5 Å². The highest BCUT2D eigenvalue weighted by atomic mass is 16.3. The first-order chi connectivity index (χ1) is 9.19. The van der Waals surface area contributed by atoms with Crippen molar-refractivity contribution >= 4 is 5.69 Å². The zero-order valence-corrected chi connectivity index (χ0v) is 11.2. The molecule has 1 aromatic heterocycles. The van der Waals surface area contributed by atoms with E-state index in [0.29, 0.717) is 12.3 Å². The number of nitrogens with zero attached hydrogens (tertiary/aromatic N) is 2. The van der Waals surface area contributed by atoms with Crippen LogP contribution in [0.2, 0.25) is 0 Å². The van der Waals surface area contributed by atoms with Gasteiger partial charge < -0.3 is 14.6 Å². The third kappa shape index (κ3) is 3.60. The van der Waals surface area contributed by atoms with Crippen LogP contribution < -0.4 is 10.2 Å². The molecule has 0 saturated carbocycles. The fourth-order valence-corrected chi connectivity index (χ4v) is 1.77. The number of hydrogen-bond acceptors (Lipinski definition) is 4. The van der Waals surface area contributed by atoms with Crippen LogP contribution >= 0.6 is 0 Å². The molecule has 0 radical (unpaired) electrons. The van der Waals surface area contributed by atoms with Gasteiger partial charge in [-0.25, -0.2) is 0 Å². The van der Waals surface area contributed by atoms with Crippen molar-refractivity contribution in [2.45, 2.75) is 13.1 Å². The summed E-state index contributed by atoms with van der Waals surface area (Å²) in [6.07, 6.45) is 0. The van der Waals surface area contributed by atoms with Gasteiger partial charge in [0.2, 0.25) is 5.76 Å². The molecule has 2 rings (SSSR count). The molecule has 1 aromatic carbocycles. The molecule has 4 heteroatoms. The van der Waals surface area contributed by atoms with Gasteiger partial charge in [-0.3, -0.25) is 0 Å². The van der Waals surface area contributed by atoms with E-state index in [2.05, 4.69) is 34.5 Å². The number of rotatable bonds is 5. The third-order valence-corrected chi connectivity index (χ3v) is 2.85. The van der Waals surface area contributed by atoms with Crippen LogP contribution in [0.25, 0.3) is 0 Å². The first kappa shape index (κ1) is 13.2. The van der Waals surface area contributed by atoms with E-state index in [9.17, 15) is 0 Å². The van der Waals surface area contributed by atoms with Crippen molar-refractivity contribution in [2.24, 2.45) is 0 Å². The van der Waals surface area contributed by atoms with E-state index in [1.807, 2.05) is 26.2 Å². The lowest BCUT2D eigenvalue weighted by Gasteiger charge is -2.12. The van der Waals surface area contributed by atoms with Crippen LogP contribution in [-0.2, 0) is 13.1 Å². The van der Waals surface area contributed by atoms with Crippen LogP contribution in [0.3, 0.4) is 0 Å². The van der Waals surface area contributed by atoms with Crippen molar-refractivity contribution in [1.29, 1.82) is 5.26 Å². The molecule has 0 atom stereocenters. The van der Waals surface area contributed by atoms with Gasteiger partial charge in [0.05, 0.1) is 6.54 Å². The first-order valence-electron chi connectivity index (χ1n) is 6.15. The number of nitriles is 1. The molecule has 1 N–H and O–H groups in total. The van der Waals surface area contributed by atoms with Gasteiger partial charge in [0, 0.05) is 26.3 Å². The van der Waals surface area contributed by atoms with Crippen molar-refractivity contribution < 1.29 is 4.42 Å². The van der Waals surface area contributed by atoms with Crippen molar-refractivity contribution in [1.82, 2.24) is 5.32 Å². The predicted octanol–water partition coefficient (Wildman–Crippen LogP) is 2.51. The van der Waals surface area contributed by atoms with Crippen LogP contribution in [0.4, 0.5) is 5.69 Å². The monoisotopic (exact) mass is 255 g/mol. The van der Waals surface area contributed by atoms with Crippen LogP contribution in [0.1, 0.15) is 17.1 Å². The first-order valence-corrected chi connectivity index (χ1v) is 6.15. The normalized spacial score (nSPS) is 10.2. The van der Waals surface area contributed by atoms with Gasteiger partial charge in [-0.1, -0.05) is 12.1 Å². The van der Waals surface area contributed by atoms with Crippen molar-refractivity contribution in [3.8, 4) is 6.07 Å². The highest BCUT2D eigenvalue weighted by Gasteiger charge is 2.01. The standard InChI is InChI=1S/C15H17N3O/c1-18(2)13-5-3-12(4-6-13)10-17-11-15-8-7-14(9-16)19-15/h3-8,17H,10-11H2,1-2H3.